The summed E-state index contributed by atoms with van der Waals surface area (Å²) in [5, 5.41) is 0. The Morgan fingerprint density at radius 3 is 2.53 bits per heavy atom. The number of hydrogen-bond acceptors (Lipinski definition) is 4. The lowest BCUT2D eigenvalue weighted by molar-refractivity contribution is 0.394. The summed E-state index contributed by atoms with van der Waals surface area (Å²) in [6.45, 7) is 3.25. The Bertz CT molecular complexity index is 513. The molecule has 0 spiro atoms. The molecule has 0 heterocycles. The molecule has 0 fully saturated rings. The zero-order valence-electron chi connectivity index (χ0n) is 11.8. The van der Waals surface area contributed by atoms with E-state index in [2.05, 4.69) is 9.62 Å². The molecule has 5 nitrogen and oxygen atoms in total. The van der Waals surface area contributed by atoms with E-state index in [0.717, 1.165) is 24.9 Å². The summed E-state index contributed by atoms with van der Waals surface area (Å²) in [6.07, 6.45) is 1.78. The number of hydrogen-bond donors (Lipinski definition) is 2. The van der Waals surface area contributed by atoms with E-state index in [1.165, 1.54) is 6.07 Å². The molecule has 0 bridgehead atoms. The van der Waals surface area contributed by atoms with E-state index in [9.17, 15) is 8.42 Å². The van der Waals surface area contributed by atoms with E-state index in [-0.39, 0.29) is 4.90 Å². The highest BCUT2D eigenvalue weighted by molar-refractivity contribution is 7.89. The SMILES string of the molecule is Cc1ccc(S(=O)(=O)NCCCCN(C)C)cc1N. The quantitative estimate of drug-likeness (QED) is 0.583. The van der Waals surface area contributed by atoms with Crippen molar-refractivity contribution in [3.05, 3.63) is 23.8 Å². The number of benzene rings is 1. The van der Waals surface area contributed by atoms with Gasteiger partial charge in [-0.3, -0.25) is 0 Å². The predicted molar refractivity (Wildman–Crippen MR) is 78.6 cm³/mol. The summed E-state index contributed by atoms with van der Waals surface area (Å²) in [5.41, 5.74) is 7.10. The van der Waals surface area contributed by atoms with E-state index in [0.29, 0.717) is 12.2 Å². The van der Waals surface area contributed by atoms with Crippen LogP contribution in [0.5, 0.6) is 0 Å². The lowest BCUT2D eigenvalue weighted by atomic mass is 10.2. The fourth-order valence-electron chi connectivity index (χ4n) is 1.63. The summed E-state index contributed by atoms with van der Waals surface area (Å²) in [6, 6.07) is 4.79. The minimum Gasteiger partial charge on any atom is -0.398 e. The van der Waals surface area contributed by atoms with Gasteiger partial charge in [-0.05, 0) is 58.1 Å². The lowest BCUT2D eigenvalue weighted by Gasteiger charge is -2.10. The lowest BCUT2D eigenvalue weighted by Crippen LogP contribution is -2.25. The zero-order valence-corrected chi connectivity index (χ0v) is 12.6. The molecule has 0 aromatic heterocycles. The smallest absolute Gasteiger partial charge is 0.240 e. The van der Waals surface area contributed by atoms with Crippen molar-refractivity contribution in [2.75, 3.05) is 32.9 Å². The van der Waals surface area contributed by atoms with Crippen molar-refractivity contribution >= 4 is 15.7 Å². The molecule has 0 saturated carbocycles. The van der Waals surface area contributed by atoms with Gasteiger partial charge >= 0.3 is 0 Å². The van der Waals surface area contributed by atoms with E-state index in [4.69, 9.17) is 5.73 Å². The van der Waals surface area contributed by atoms with Gasteiger partial charge in [0.15, 0.2) is 0 Å². The topological polar surface area (TPSA) is 75.4 Å². The number of nitrogens with two attached hydrogens (primary N) is 1. The molecule has 0 aliphatic heterocycles. The Hall–Kier alpha value is -1.11. The fourth-order valence-corrected chi connectivity index (χ4v) is 2.74. The van der Waals surface area contributed by atoms with Crippen LogP contribution in [0, 0.1) is 6.92 Å². The van der Waals surface area contributed by atoms with E-state index >= 15 is 0 Å². The van der Waals surface area contributed by atoms with Gasteiger partial charge in [-0.25, -0.2) is 13.1 Å². The van der Waals surface area contributed by atoms with Crippen molar-refractivity contribution in [1.82, 2.24) is 9.62 Å². The maximum atomic E-state index is 12.0. The number of rotatable bonds is 7. The van der Waals surface area contributed by atoms with Crippen LogP contribution in [0.3, 0.4) is 0 Å². The van der Waals surface area contributed by atoms with Crippen molar-refractivity contribution in [2.45, 2.75) is 24.7 Å². The Morgan fingerprint density at radius 1 is 1.26 bits per heavy atom. The third kappa shape index (κ3) is 5.18. The van der Waals surface area contributed by atoms with Gasteiger partial charge in [-0.15, -0.1) is 0 Å². The molecule has 1 rings (SSSR count). The molecule has 0 amide bonds. The third-order valence-corrected chi connectivity index (χ3v) is 4.34. The molecular weight excluding hydrogens is 262 g/mol. The molecule has 108 valence electrons. The number of anilines is 1. The van der Waals surface area contributed by atoms with Crippen molar-refractivity contribution in [2.24, 2.45) is 0 Å². The van der Waals surface area contributed by atoms with Crippen molar-refractivity contribution in [3.8, 4) is 0 Å². The summed E-state index contributed by atoms with van der Waals surface area (Å²) in [4.78, 5) is 2.30. The van der Waals surface area contributed by atoms with Gasteiger partial charge in [0.2, 0.25) is 10.0 Å². The number of nitrogen functional groups attached to an aromatic ring is 1. The molecule has 0 unspecified atom stereocenters. The molecule has 0 aliphatic carbocycles. The second-order valence-corrected chi connectivity index (χ2v) is 6.69. The standard InChI is InChI=1S/C13H23N3O2S/c1-11-6-7-12(10-13(11)14)19(17,18)15-8-4-5-9-16(2)3/h6-7,10,15H,4-5,8-9,14H2,1-3H3. The van der Waals surface area contributed by atoms with Crippen LogP contribution in [0.1, 0.15) is 18.4 Å². The summed E-state index contributed by atoms with van der Waals surface area (Å²) < 4.78 is 26.6. The van der Waals surface area contributed by atoms with Crippen LogP contribution >= 0.6 is 0 Å². The molecule has 0 atom stereocenters. The first kappa shape index (κ1) is 15.9. The number of nitrogens with one attached hydrogen (secondary N) is 1. The van der Waals surface area contributed by atoms with Crippen LogP contribution in [-0.2, 0) is 10.0 Å². The van der Waals surface area contributed by atoms with Gasteiger partial charge in [-0.2, -0.15) is 0 Å². The zero-order chi connectivity index (χ0) is 14.5. The van der Waals surface area contributed by atoms with Crippen molar-refractivity contribution in [1.29, 1.82) is 0 Å². The Labute approximate surface area is 115 Å². The number of sulfonamides is 1. The molecule has 19 heavy (non-hydrogen) atoms. The van der Waals surface area contributed by atoms with Gasteiger partial charge < -0.3 is 10.6 Å². The Kier molecular flexibility index (Phi) is 5.78. The van der Waals surface area contributed by atoms with E-state index < -0.39 is 10.0 Å². The second kappa shape index (κ2) is 6.88. The minimum absolute atomic E-state index is 0.225. The first-order valence-corrected chi connectivity index (χ1v) is 7.82. The normalized spacial score (nSPS) is 12.0. The molecule has 3 N–H and O–H groups in total. The highest BCUT2D eigenvalue weighted by Gasteiger charge is 2.13. The highest BCUT2D eigenvalue weighted by atomic mass is 32.2. The number of aryl methyl sites for hydroxylation is 1. The van der Waals surface area contributed by atoms with Crippen LogP contribution in [0.4, 0.5) is 5.69 Å². The summed E-state index contributed by atoms with van der Waals surface area (Å²) in [7, 11) is 0.555. The molecule has 1 aromatic carbocycles. The van der Waals surface area contributed by atoms with Crippen LogP contribution in [0.2, 0.25) is 0 Å². The van der Waals surface area contributed by atoms with Gasteiger partial charge in [-0.1, -0.05) is 6.07 Å². The number of nitrogens with zero attached hydrogens (tertiary/aromatic N) is 1. The van der Waals surface area contributed by atoms with Crippen LogP contribution in [0.15, 0.2) is 23.1 Å². The molecular formula is C13H23N3O2S. The van der Waals surface area contributed by atoms with Gasteiger partial charge in [0.25, 0.3) is 0 Å². The Balaban J connectivity index is 2.54. The summed E-state index contributed by atoms with van der Waals surface area (Å²) >= 11 is 0. The molecule has 6 heteroatoms. The van der Waals surface area contributed by atoms with Crippen LogP contribution < -0.4 is 10.5 Å². The minimum atomic E-state index is -3.44. The Morgan fingerprint density at radius 2 is 1.95 bits per heavy atom. The summed E-state index contributed by atoms with van der Waals surface area (Å²) in [5.74, 6) is 0. The van der Waals surface area contributed by atoms with E-state index in [1.54, 1.807) is 12.1 Å². The largest absolute Gasteiger partial charge is 0.398 e. The monoisotopic (exact) mass is 285 g/mol. The van der Waals surface area contributed by atoms with Gasteiger partial charge in [0.05, 0.1) is 4.90 Å². The van der Waals surface area contributed by atoms with Gasteiger partial charge in [0, 0.05) is 12.2 Å². The first-order valence-electron chi connectivity index (χ1n) is 6.33. The average Bonchev–Trinajstić information content (AvgIpc) is 2.31. The molecule has 0 radical (unpaired) electrons. The maximum Gasteiger partial charge on any atom is 0.240 e. The van der Waals surface area contributed by atoms with Crippen molar-refractivity contribution < 1.29 is 8.42 Å². The molecule has 1 aromatic rings. The molecule has 0 aliphatic rings. The second-order valence-electron chi connectivity index (χ2n) is 4.93. The highest BCUT2D eigenvalue weighted by Crippen LogP contribution is 2.16. The fraction of sp³-hybridized carbons (Fsp3) is 0.538. The van der Waals surface area contributed by atoms with E-state index in [1.807, 2.05) is 21.0 Å². The first-order chi connectivity index (χ1) is 8.83. The predicted octanol–water partition coefficient (Wildman–Crippen LogP) is 1.20. The van der Waals surface area contributed by atoms with Crippen molar-refractivity contribution in [3.63, 3.8) is 0 Å². The third-order valence-electron chi connectivity index (χ3n) is 2.89. The average molecular weight is 285 g/mol. The van der Waals surface area contributed by atoms with Crippen LogP contribution in [-0.4, -0.2) is 40.5 Å². The number of unbranched alkanes of at least 4 members (excludes halogenated alkanes) is 1. The molecule has 0 saturated heterocycles. The van der Waals surface area contributed by atoms with Gasteiger partial charge in [0.1, 0.15) is 0 Å². The van der Waals surface area contributed by atoms with Crippen LogP contribution in [0.25, 0.3) is 0 Å². The maximum absolute atomic E-state index is 12.0.